The fourth-order valence-corrected chi connectivity index (χ4v) is 3.37. The second-order valence-corrected chi connectivity index (χ2v) is 6.17. The van der Waals surface area contributed by atoms with Crippen LogP contribution in [-0.4, -0.2) is 41.8 Å². The molecule has 0 saturated carbocycles. The van der Waals surface area contributed by atoms with E-state index in [1.807, 2.05) is 12.1 Å². The molecule has 23 heavy (non-hydrogen) atoms. The molecule has 0 aliphatic carbocycles. The van der Waals surface area contributed by atoms with Crippen molar-refractivity contribution in [2.45, 2.75) is 31.3 Å². The molecule has 1 unspecified atom stereocenters. The highest BCUT2D eigenvalue weighted by atomic mass is 35.5. The molecule has 2 saturated heterocycles. The van der Waals surface area contributed by atoms with Gasteiger partial charge in [0.05, 0.1) is 0 Å². The zero-order chi connectivity index (χ0) is 15.3. The molecule has 1 aromatic rings. The van der Waals surface area contributed by atoms with E-state index < -0.39 is 6.04 Å². The van der Waals surface area contributed by atoms with E-state index in [-0.39, 0.29) is 36.5 Å². The maximum Gasteiger partial charge on any atom is 0.255 e. The van der Waals surface area contributed by atoms with Crippen molar-refractivity contribution in [3.05, 3.63) is 34.9 Å². The molecule has 6 nitrogen and oxygen atoms in total. The lowest BCUT2D eigenvalue weighted by Crippen LogP contribution is -2.52. The Morgan fingerprint density at radius 1 is 1.13 bits per heavy atom. The van der Waals surface area contributed by atoms with Crippen LogP contribution in [0.5, 0.6) is 0 Å². The summed E-state index contributed by atoms with van der Waals surface area (Å²) in [7, 11) is 0. The highest BCUT2D eigenvalue weighted by Gasteiger charge is 2.39. The summed E-state index contributed by atoms with van der Waals surface area (Å²) in [5, 5.41) is 5.57. The van der Waals surface area contributed by atoms with Crippen molar-refractivity contribution in [3.8, 4) is 0 Å². The summed E-state index contributed by atoms with van der Waals surface area (Å²) in [6.07, 6.45) is 0.694. The van der Waals surface area contributed by atoms with Gasteiger partial charge in [0.1, 0.15) is 6.04 Å². The molecule has 1 atom stereocenters. The van der Waals surface area contributed by atoms with Gasteiger partial charge in [-0.3, -0.25) is 19.7 Å². The van der Waals surface area contributed by atoms with Gasteiger partial charge in [-0.1, -0.05) is 12.1 Å². The van der Waals surface area contributed by atoms with Crippen molar-refractivity contribution >= 4 is 30.1 Å². The number of hydrogen-bond donors (Lipinski definition) is 2. The van der Waals surface area contributed by atoms with Crippen molar-refractivity contribution in [1.82, 2.24) is 15.5 Å². The van der Waals surface area contributed by atoms with Gasteiger partial charge in [-0.05, 0) is 23.6 Å². The van der Waals surface area contributed by atoms with Crippen LogP contribution in [0, 0.1) is 0 Å². The summed E-state index contributed by atoms with van der Waals surface area (Å²) in [6, 6.07) is 5.43. The fourth-order valence-electron chi connectivity index (χ4n) is 3.37. The molecule has 2 fully saturated rings. The normalized spacial score (nSPS) is 23.9. The Bertz CT molecular complexity index is 687. The zero-order valence-electron chi connectivity index (χ0n) is 12.5. The van der Waals surface area contributed by atoms with Gasteiger partial charge < -0.3 is 10.2 Å². The number of amides is 3. The maximum atomic E-state index is 12.5. The predicted octanol–water partition coefficient (Wildman–Crippen LogP) is 0.556. The molecule has 2 N–H and O–H groups in total. The second kappa shape index (κ2) is 5.94. The molecule has 7 heteroatoms. The number of hydrogen-bond acceptors (Lipinski definition) is 4. The number of carbonyl (C=O) groups excluding carboxylic acids is 3. The first-order valence-electron chi connectivity index (χ1n) is 7.61. The largest absolute Gasteiger partial charge is 0.322 e. The van der Waals surface area contributed by atoms with Crippen LogP contribution in [0.2, 0.25) is 0 Å². The number of nitrogens with zero attached hydrogens (tertiary/aromatic N) is 1. The Hall–Kier alpha value is -1.92. The third kappa shape index (κ3) is 2.62. The van der Waals surface area contributed by atoms with Crippen molar-refractivity contribution in [1.29, 1.82) is 0 Å². The molecule has 3 amide bonds. The van der Waals surface area contributed by atoms with Crippen molar-refractivity contribution in [3.63, 3.8) is 0 Å². The monoisotopic (exact) mass is 335 g/mol. The Morgan fingerprint density at radius 2 is 1.91 bits per heavy atom. The smallest absolute Gasteiger partial charge is 0.255 e. The first kappa shape index (κ1) is 16.0. The quantitative estimate of drug-likeness (QED) is 0.774. The maximum absolute atomic E-state index is 12.5. The van der Waals surface area contributed by atoms with Gasteiger partial charge in [0.2, 0.25) is 11.8 Å². The Labute approximate surface area is 140 Å². The third-order valence-corrected chi connectivity index (χ3v) is 4.80. The molecule has 1 aromatic carbocycles. The van der Waals surface area contributed by atoms with Gasteiger partial charge in [-0.15, -0.1) is 12.4 Å². The van der Waals surface area contributed by atoms with E-state index in [9.17, 15) is 14.4 Å². The van der Waals surface area contributed by atoms with E-state index in [0.29, 0.717) is 24.4 Å². The summed E-state index contributed by atoms with van der Waals surface area (Å²) >= 11 is 0. The number of fused-ring (bicyclic) bond motifs is 1. The molecule has 3 heterocycles. The Kier molecular flexibility index (Phi) is 4.12. The number of nitrogens with one attached hydrogen (secondary N) is 2. The number of rotatable bonds is 2. The molecule has 0 bridgehead atoms. The first-order chi connectivity index (χ1) is 10.6. The van der Waals surface area contributed by atoms with Crippen molar-refractivity contribution < 1.29 is 14.4 Å². The zero-order valence-corrected chi connectivity index (χ0v) is 13.3. The molecule has 3 aliphatic heterocycles. The van der Waals surface area contributed by atoms with Crippen LogP contribution in [0.4, 0.5) is 0 Å². The van der Waals surface area contributed by atoms with Crippen molar-refractivity contribution in [2.75, 3.05) is 13.1 Å². The summed E-state index contributed by atoms with van der Waals surface area (Å²) < 4.78 is 0. The van der Waals surface area contributed by atoms with Crippen LogP contribution >= 0.6 is 12.4 Å². The lowest BCUT2D eigenvalue weighted by Gasteiger charge is -2.29. The SMILES string of the molecule is Cl.O=C1CCC(N2Cc3cc(C4CNC4)ccc3C2=O)C(=O)N1. The average molecular weight is 336 g/mol. The van der Waals surface area contributed by atoms with E-state index in [4.69, 9.17) is 0 Å². The lowest BCUT2D eigenvalue weighted by molar-refractivity contribution is -0.136. The van der Waals surface area contributed by atoms with E-state index in [1.165, 1.54) is 5.56 Å². The number of imide groups is 1. The van der Waals surface area contributed by atoms with E-state index >= 15 is 0 Å². The summed E-state index contributed by atoms with van der Waals surface area (Å²) in [4.78, 5) is 37.4. The van der Waals surface area contributed by atoms with Crippen LogP contribution in [0.15, 0.2) is 18.2 Å². The second-order valence-electron chi connectivity index (χ2n) is 6.17. The topological polar surface area (TPSA) is 78.5 Å². The minimum Gasteiger partial charge on any atom is -0.322 e. The van der Waals surface area contributed by atoms with Crippen LogP contribution < -0.4 is 10.6 Å². The van der Waals surface area contributed by atoms with Gasteiger partial charge in [0.25, 0.3) is 5.91 Å². The Balaban J connectivity index is 0.00000156. The molecule has 122 valence electrons. The Morgan fingerprint density at radius 3 is 2.57 bits per heavy atom. The number of halogens is 1. The molecular weight excluding hydrogens is 318 g/mol. The third-order valence-electron chi connectivity index (χ3n) is 4.80. The molecule has 0 aromatic heterocycles. The predicted molar refractivity (Wildman–Crippen MR) is 85.3 cm³/mol. The lowest BCUT2D eigenvalue weighted by atomic mass is 9.91. The van der Waals surface area contributed by atoms with Gasteiger partial charge in [-0.25, -0.2) is 0 Å². The average Bonchev–Trinajstić information content (AvgIpc) is 2.74. The molecule has 3 aliphatic rings. The highest BCUT2D eigenvalue weighted by Crippen LogP contribution is 2.30. The van der Waals surface area contributed by atoms with Crippen LogP contribution in [0.1, 0.15) is 40.2 Å². The summed E-state index contributed by atoms with van der Waals surface area (Å²) in [5.41, 5.74) is 2.91. The van der Waals surface area contributed by atoms with E-state index in [1.54, 1.807) is 4.90 Å². The summed E-state index contributed by atoms with van der Waals surface area (Å²) in [6.45, 7) is 2.40. The summed E-state index contributed by atoms with van der Waals surface area (Å²) in [5.74, 6) is -0.209. The van der Waals surface area contributed by atoms with Crippen LogP contribution in [0.25, 0.3) is 0 Å². The minimum absolute atomic E-state index is 0. The van der Waals surface area contributed by atoms with Gasteiger partial charge >= 0.3 is 0 Å². The molecule has 4 rings (SSSR count). The molecular formula is C16H18ClN3O3. The number of piperidine rings is 1. The first-order valence-corrected chi connectivity index (χ1v) is 7.61. The number of carbonyl (C=O) groups is 3. The molecule has 0 spiro atoms. The van der Waals surface area contributed by atoms with Gasteiger partial charge in [-0.2, -0.15) is 0 Å². The van der Waals surface area contributed by atoms with E-state index in [2.05, 4.69) is 16.7 Å². The van der Waals surface area contributed by atoms with Gasteiger partial charge in [0.15, 0.2) is 0 Å². The van der Waals surface area contributed by atoms with Crippen LogP contribution in [0.3, 0.4) is 0 Å². The standard InChI is InChI=1S/C16H17N3O3.ClH/c20-14-4-3-13(15(21)18-14)19-8-10-5-9(11-6-17-7-11)1-2-12(10)16(19)22;/h1-2,5,11,13,17H,3-4,6-8H2,(H,18,20,21);1H. The van der Waals surface area contributed by atoms with E-state index in [0.717, 1.165) is 18.7 Å². The highest BCUT2D eigenvalue weighted by molar-refractivity contribution is 6.05. The number of benzene rings is 1. The fraction of sp³-hybridized carbons (Fsp3) is 0.438. The van der Waals surface area contributed by atoms with Crippen molar-refractivity contribution in [2.24, 2.45) is 0 Å². The minimum atomic E-state index is -0.536. The van der Waals surface area contributed by atoms with Gasteiger partial charge in [0, 0.05) is 37.5 Å². The van der Waals surface area contributed by atoms with Crippen LogP contribution in [-0.2, 0) is 16.1 Å². The molecule has 0 radical (unpaired) electrons.